The Morgan fingerprint density at radius 3 is 1.68 bits per heavy atom. The minimum absolute atomic E-state index is 0.328. The van der Waals surface area contributed by atoms with Crippen LogP contribution >= 0.6 is 0 Å². The second-order valence-electron chi connectivity index (χ2n) is 6.31. The zero-order valence-electron chi connectivity index (χ0n) is 13.4. The molecule has 0 N–H and O–H groups in total. The first-order chi connectivity index (χ1) is 10.7. The number of hydrogen-bond acceptors (Lipinski definition) is 1. The molecule has 0 fully saturated rings. The Bertz CT molecular complexity index is 571. The van der Waals surface area contributed by atoms with Crippen molar-refractivity contribution in [3.8, 4) is 0 Å². The van der Waals surface area contributed by atoms with Crippen LogP contribution in [0.3, 0.4) is 0 Å². The van der Waals surface area contributed by atoms with Crippen molar-refractivity contribution in [3.63, 3.8) is 0 Å². The minimum Gasteiger partial charge on any atom is -0.404 e. The second-order valence-corrected chi connectivity index (χ2v) is 10.3. The Kier molecular flexibility index (Phi) is 4.60. The third kappa shape index (κ3) is 2.81. The van der Waals surface area contributed by atoms with Crippen LogP contribution in [-0.4, -0.2) is 14.4 Å². The summed E-state index contributed by atoms with van der Waals surface area (Å²) < 4.78 is 6.91. The number of hydrogen-bond donors (Lipinski definition) is 0. The predicted molar refractivity (Wildman–Crippen MR) is 96.3 cm³/mol. The smallest absolute Gasteiger partial charge is 0.258 e. The molecule has 0 unspecified atom stereocenters. The fourth-order valence-corrected chi connectivity index (χ4v) is 7.73. The van der Waals surface area contributed by atoms with E-state index in [0.29, 0.717) is 11.6 Å². The minimum atomic E-state index is -2.23. The van der Waals surface area contributed by atoms with Gasteiger partial charge in [0, 0.05) is 0 Å². The Balaban J connectivity index is 2.10. The van der Waals surface area contributed by atoms with Crippen LogP contribution in [0.2, 0.25) is 5.54 Å². The van der Waals surface area contributed by atoms with Gasteiger partial charge in [0.2, 0.25) is 0 Å². The van der Waals surface area contributed by atoms with Crippen molar-refractivity contribution in [1.82, 2.24) is 0 Å². The topological polar surface area (TPSA) is 9.23 Å². The fourth-order valence-electron chi connectivity index (χ4n) is 3.43. The van der Waals surface area contributed by atoms with Crippen LogP contribution in [0.25, 0.3) is 0 Å². The summed E-state index contributed by atoms with van der Waals surface area (Å²) >= 11 is 0. The third-order valence-electron chi connectivity index (χ3n) is 4.54. The molecule has 0 aliphatic heterocycles. The van der Waals surface area contributed by atoms with Crippen LogP contribution in [0.5, 0.6) is 0 Å². The van der Waals surface area contributed by atoms with Crippen molar-refractivity contribution in [3.05, 3.63) is 72.8 Å². The Hall–Kier alpha value is -1.64. The van der Waals surface area contributed by atoms with E-state index >= 15 is 0 Å². The van der Waals surface area contributed by atoms with Crippen LogP contribution in [0, 0.1) is 0 Å². The Labute approximate surface area is 134 Å². The van der Waals surface area contributed by atoms with Crippen molar-refractivity contribution in [1.29, 1.82) is 0 Å². The summed E-state index contributed by atoms with van der Waals surface area (Å²) in [7, 11) is -2.23. The van der Waals surface area contributed by atoms with Gasteiger partial charge in [-0.15, -0.1) is 0 Å². The highest BCUT2D eigenvalue weighted by atomic mass is 28.4. The van der Waals surface area contributed by atoms with Crippen molar-refractivity contribution < 1.29 is 4.43 Å². The summed E-state index contributed by atoms with van der Waals surface area (Å²) in [5.41, 5.74) is 0.484. The van der Waals surface area contributed by atoms with E-state index in [-0.39, 0.29) is 0 Å². The molecule has 0 radical (unpaired) electrons. The maximum absolute atomic E-state index is 6.91. The van der Waals surface area contributed by atoms with E-state index in [9.17, 15) is 0 Å². The zero-order chi connectivity index (χ0) is 15.4. The van der Waals surface area contributed by atoms with Gasteiger partial charge < -0.3 is 4.43 Å². The molecule has 114 valence electrons. The van der Waals surface area contributed by atoms with E-state index < -0.39 is 8.32 Å². The van der Waals surface area contributed by atoms with Gasteiger partial charge in [-0.2, -0.15) is 0 Å². The lowest BCUT2D eigenvalue weighted by Crippen LogP contribution is -2.64. The van der Waals surface area contributed by atoms with Gasteiger partial charge in [-0.3, -0.25) is 0 Å². The molecule has 1 nitrogen and oxygen atoms in total. The maximum atomic E-state index is 6.91. The summed E-state index contributed by atoms with van der Waals surface area (Å²) in [6, 6.07) is 21.7. The van der Waals surface area contributed by atoms with Crippen molar-refractivity contribution in [2.45, 2.75) is 38.3 Å². The molecule has 2 heteroatoms. The molecule has 0 aromatic heterocycles. The standard InChI is InChI=1S/C20H24OSi/c1-17(2)22(19-13-5-3-6-14-19,20-15-7-4-8-16-20)21-18-11-9-10-12-18/h3-10,13-18H,11-12H2,1-2H3. The lowest BCUT2D eigenvalue weighted by Gasteiger charge is -2.38. The van der Waals surface area contributed by atoms with Gasteiger partial charge >= 0.3 is 0 Å². The van der Waals surface area contributed by atoms with E-state index in [0.717, 1.165) is 12.8 Å². The van der Waals surface area contributed by atoms with Gasteiger partial charge in [0.25, 0.3) is 8.32 Å². The quantitative estimate of drug-likeness (QED) is 0.601. The monoisotopic (exact) mass is 308 g/mol. The molecule has 0 heterocycles. The van der Waals surface area contributed by atoms with E-state index in [1.54, 1.807) is 0 Å². The molecule has 0 saturated carbocycles. The van der Waals surface area contributed by atoms with Crippen molar-refractivity contribution in [2.75, 3.05) is 0 Å². The molecule has 1 aliphatic rings. The van der Waals surface area contributed by atoms with Gasteiger partial charge in [-0.25, -0.2) is 0 Å². The van der Waals surface area contributed by atoms with Crippen LogP contribution in [0.1, 0.15) is 26.7 Å². The first-order valence-electron chi connectivity index (χ1n) is 8.17. The molecule has 0 saturated heterocycles. The average Bonchev–Trinajstić information content (AvgIpc) is 3.07. The van der Waals surface area contributed by atoms with Crippen LogP contribution in [-0.2, 0) is 4.43 Å². The summed E-state index contributed by atoms with van der Waals surface area (Å²) in [5.74, 6) is 0. The molecule has 0 spiro atoms. The molecular weight excluding hydrogens is 284 g/mol. The highest BCUT2D eigenvalue weighted by Gasteiger charge is 2.44. The van der Waals surface area contributed by atoms with Gasteiger partial charge in [0.05, 0.1) is 6.10 Å². The molecule has 1 aliphatic carbocycles. The SMILES string of the molecule is CC(C)[Si](OC1CC=CC1)(c1ccccc1)c1ccccc1. The molecule has 22 heavy (non-hydrogen) atoms. The first kappa shape index (κ1) is 15.3. The first-order valence-corrected chi connectivity index (χ1v) is 10.2. The van der Waals surface area contributed by atoms with E-state index in [1.807, 2.05) is 0 Å². The van der Waals surface area contributed by atoms with Crippen molar-refractivity contribution in [2.24, 2.45) is 0 Å². The number of benzene rings is 2. The lowest BCUT2D eigenvalue weighted by molar-refractivity contribution is 0.208. The van der Waals surface area contributed by atoms with Crippen LogP contribution in [0.15, 0.2) is 72.8 Å². The summed E-state index contributed by atoms with van der Waals surface area (Å²) in [6.45, 7) is 4.63. The summed E-state index contributed by atoms with van der Waals surface area (Å²) in [6.07, 6.45) is 6.91. The molecule has 3 rings (SSSR count). The molecule has 0 bridgehead atoms. The molecule has 0 amide bonds. The zero-order valence-corrected chi connectivity index (χ0v) is 14.4. The Morgan fingerprint density at radius 2 is 1.27 bits per heavy atom. The largest absolute Gasteiger partial charge is 0.404 e. The van der Waals surface area contributed by atoms with Crippen molar-refractivity contribution >= 4 is 18.7 Å². The van der Waals surface area contributed by atoms with Gasteiger partial charge in [0.1, 0.15) is 0 Å². The average molecular weight is 308 g/mol. The normalized spacial score (nSPS) is 15.6. The molecule has 2 aromatic rings. The maximum Gasteiger partial charge on any atom is 0.258 e. The van der Waals surface area contributed by atoms with E-state index in [2.05, 4.69) is 86.7 Å². The molecule has 2 aromatic carbocycles. The fraction of sp³-hybridized carbons (Fsp3) is 0.300. The van der Waals surface area contributed by atoms with Gasteiger partial charge in [0.15, 0.2) is 0 Å². The Morgan fingerprint density at radius 1 is 0.818 bits per heavy atom. The van der Waals surface area contributed by atoms with Gasteiger partial charge in [-0.1, -0.05) is 86.7 Å². The third-order valence-corrected chi connectivity index (χ3v) is 9.25. The number of rotatable bonds is 5. The van der Waals surface area contributed by atoms with Crippen LogP contribution < -0.4 is 10.4 Å². The highest BCUT2D eigenvalue weighted by Crippen LogP contribution is 2.27. The highest BCUT2D eigenvalue weighted by molar-refractivity contribution is 6.98. The van der Waals surface area contributed by atoms with E-state index in [1.165, 1.54) is 10.4 Å². The lowest BCUT2D eigenvalue weighted by atomic mass is 10.3. The summed E-state index contributed by atoms with van der Waals surface area (Å²) in [5, 5.41) is 2.76. The van der Waals surface area contributed by atoms with E-state index in [4.69, 9.17) is 4.43 Å². The predicted octanol–water partition coefficient (Wildman–Crippen LogP) is 3.89. The van der Waals surface area contributed by atoms with Gasteiger partial charge in [-0.05, 0) is 28.8 Å². The molecular formula is C20H24OSi. The molecule has 0 atom stereocenters. The van der Waals surface area contributed by atoms with Crippen LogP contribution in [0.4, 0.5) is 0 Å². The second kappa shape index (κ2) is 6.63. The summed E-state index contributed by atoms with van der Waals surface area (Å²) in [4.78, 5) is 0.